The zero-order chi connectivity index (χ0) is 20.1. The lowest BCUT2D eigenvalue weighted by atomic mass is 10.1. The van der Waals surface area contributed by atoms with E-state index in [1.165, 1.54) is 0 Å². The molecule has 1 heterocycles. The molecule has 0 atom stereocenters. The van der Waals surface area contributed by atoms with Gasteiger partial charge in [0.15, 0.2) is 0 Å². The Balaban J connectivity index is 1.86. The van der Waals surface area contributed by atoms with E-state index in [1.807, 2.05) is 24.3 Å². The molecular weight excluding hydrogens is 378 g/mol. The van der Waals surface area contributed by atoms with Gasteiger partial charge in [0.25, 0.3) is 0 Å². The van der Waals surface area contributed by atoms with E-state index in [4.69, 9.17) is 25.5 Å². The number of furan rings is 1. The highest BCUT2D eigenvalue weighted by Gasteiger charge is 2.18. The summed E-state index contributed by atoms with van der Waals surface area (Å²) in [5, 5.41) is 0.501. The summed E-state index contributed by atoms with van der Waals surface area (Å²) in [6, 6.07) is 15.9. The summed E-state index contributed by atoms with van der Waals surface area (Å²) in [4.78, 5) is 16.8. The third kappa shape index (κ3) is 4.81. The highest BCUT2D eigenvalue weighted by molar-refractivity contribution is 6.31. The Morgan fingerprint density at radius 3 is 2.54 bits per heavy atom. The van der Waals surface area contributed by atoms with E-state index in [2.05, 4.69) is 4.99 Å². The highest BCUT2D eigenvalue weighted by Crippen LogP contribution is 2.29. The molecule has 0 radical (unpaired) electrons. The minimum atomic E-state index is -0.425. The van der Waals surface area contributed by atoms with Crippen molar-refractivity contribution in [1.82, 2.24) is 0 Å². The topological polar surface area (TPSA) is 61.0 Å². The fourth-order valence-corrected chi connectivity index (χ4v) is 2.72. The minimum absolute atomic E-state index is 0.222. The maximum Gasteiger partial charge on any atom is 0.339 e. The fourth-order valence-electron chi connectivity index (χ4n) is 2.55. The first kappa shape index (κ1) is 19.7. The van der Waals surface area contributed by atoms with Gasteiger partial charge in [-0.25, -0.2) is 4.79 Å². The molecule has 0 amide bonds. The number of hydrogen-bond donors (Lipinski definition) is 0. The van der Waals surface area contributed by atoms with Crippen LogP contribution in [0.3, 0.4) is 0 Å². The zero-order valence-corrected chi connectivity index (χ0v) is 16.6. The number of esters is 1. The quantitative estimate of drug-likeness (QED) is 0.382. The van der Waals surface area contributed by atoms with Crippen LogP contribution in [0.1, 0.15) is 30.0 Å². The molecule has 0 aliphatic heterocycles. The van der Waals surface area contributed by atoms with Crippen molar-refractivity contribution in [3.05, 3.63) is 70.9 Å². The molecule has 0 aliphatic rings. The lowest BCUT2D eigenvalue weighted by Crippen LogP contribution is -2.12. The molecule has 6 heteroatoms. The number of benzene rings is 2. The van der Waals surface area contributed by atoms with Crippen LogP contribution in [-0.2, 0) is 4.74 Å². The lowest BCUT2D eigenvalue weighted by Gasteiger charge is -2.11. The Kier molecular flexibility index (Phi) is 6.16. The van der Waals surface area contributed by atoms with Gasteiger partial charge in [-0.2, -0.15) is 0 Å². The van der Waals surface area contributed by atoms with Gasteiger partial charge in [-0.1, -0.05) is 11.6 Å². The molecular formula is C22H20ClNO4. The average molecular weight is 398 g/mol. The maximum absolute atomic E-state index is 12.4. The van der Waals surface area contributed by atoms with Crippen molar-refractivity contribution < 1.29 is 18.7 Å². The number of ether oxygens (including phenoxy) is 2. The third-order valence-corrected chi connectivity index (χ3v) is 4.08. The Morgan fingerprint density at radius 2 is 1.86 bits per heavy atom. The molecule has 0 saturated heterocycles. The second-order valence-corrected chi connectivity index (χ2v) is 6.74. The molecule has 0 aliphatic carbocycles. The second kappa shape index (κ2) is 8.76. The van der Waals surface area contributed by atoms with Crippen LogP contribution >= 0.6 is 11.6 Å². The highest BCUT2D eigenvalue weighted by atomic mass is 35.5. The number of rotatable bonds is 6. The molecule has 0 N–H and O–H groups in total. The second-order valence-electron chi connectivity index (χ2n) is 6.30. The predicted octanol–water partition coefficient (Wildman–Crippen LogP) is 5.92. The van der Waals surface area contributed by atoms with Crippen LogP contribution in [0.15, 0.2) is 64.0 Å². The average Bonchev–Trinajstić information content (AvgIpc) is 3.15. The van der Waals surface area contributed by atoms with E-state index in [1.54, 1.807) is 57.5 Å². The molecule has 0 fully saturated rings. The summed E-state index contributed by atoms with van der Waals surface area (Å²) >= 11 is 6.12. The zero-order valence-electron chi connectivity index (χ0n) is 15.8. The number of nitrogens with zero attached hydrogens (tertiary/aromatic N) is 1. The summed E-state index contributed by atoms with van der Waals surface area (Å²) in [6.07, 6.45) is 1.39. The largest absolute Gasteiger partial charge is 0.497 e. The molecule has 2 aromatic carbocycles. The predicted molar refractivity (Wildman–Crippen MR) is 110 cm³/mol. The maximum atomic E-state index is 12.4. The van der Waals surface area contributed by atoms with Gasteiger partial charge in [-0.15, -0.1) is 0 Å². The molecule has 28 heavy (non-hydrogen) atoms. The van der Waals surface area contributed by atoms with Gasteiger partial charge in [0.05, 0.1) is 30.7 Å². The van der Waals surface area contributed by atoms with E-state index in [9.17, 15) is 4.79 Å². The van der Waals surface area contributed by atoms with Crippen LogP contribution in [0.2, 0.25) is 5.02 Å². The van der Waals surface area contributed by atoms with Gasteiger partial charge >= 0.3 is 5.97 Å². The fraction of sp³-hybridized carbons (Fsp3) is 0.182. The van der Waals surface area contributed by atoms with E-state index < -0.39 is 5.97 Å². The molecule has 0 unspecified atom stereocenters. The van der Waals surface area contributed by atoms with Gasteiger partial charge in [0, 0.05) is 10.6 Å². The number of methoxy groups -OCH3 is 1. The van der Waals surface area contributed by atoms with Crippen molar-refractivity contribution in [1.29, 1.82) is 0 Å². The number of halogens is 1. The van der Waals surface area contributed by atoms with Crippen molar-refractivity contribution in [2.45, 2.75) is 20.0 Å². The van der Waals surface area contributed by atoms with E-state index in [0.29, 0.717) is 27.7 Å². The van der Waals surface area contributed by atoms with Crippen molar-refractivity contribution in [2.24, 2.45) is 4.99 Å². The molecule has 0 saturated carbocycles. The van der Waals surface area contributed by atoms with Crippen molar-refractivity contribution >= 4 is 29.5 Å². The summed E-state index contributed by atoms with van der Waals surface area (Å²) in [7, 11) is 1.61. The Hall–Kier alpha value is -3.05. The number of aliphatic imine (C=N–C) groups is 1. The van der Waals surface area contributed by atoms with Crippen LogP contribution in [0.5, 0.6) is 5.75 Å². The first-order valence-electron chi connectivity index (χ1n) is 8.75. The van der Waals surface area contributed by atoms with Crippen LogP contribution in [-0.4, -0.2) is 25.4 Å². The Bertz CT molecular complexity index is 990. The van der Waals surface area contributed by atoms with E-state index in [-0.39, 0.29) is 6.10 Å². The van der Waals surface area contributed by atoms with E-state index in [0.717, 1.165) is 11.4 Å². The first-order valence-corrected chi connectivity index (χ1v) is 9.13. The summed E-state index contributed by atoms with van der Waals surface area (Å²) < 4.78 is 16.3. The molecule has 0 bridgehead atoms. The van der Waals surface area contributed by atoms with Crippen LogP contribution < -0.4 is 4.74 Å². The van der Waals surface area contributed by atoms with Gasteiger partial charge in [0.1, 0.15) is 17.3 Å². The van der Waals surface area contributed by atoms with Crippen molar-refractivity contribution in [3.8, 4) is 17.1 Å². The summed E-state index contributed by atoms with van der Waals surface area (Å²) in [6.45, 7) is 3.60. The number of hydrogen-bond acceptors (Lipinski definition) is 5. The standard InChI is InChI=1S/C22H20ClNO4/c1-14(2)27-22(25)19-10-4-15(23)12-20(19)21-11-9-18(28-21)13-24-16-5-7-17(26-3)8-6-16/h4-14H,1-3H3. The smallest absolute Gasteiger partial charge is 0.339 e. The summed E-state index contributed by atoms with van der Waals surface area (Å²) in [5.41, 5.74) is 1.73. The SMILES string of the molecule is COc1ccc(N=Cc2ccc(-c3cc(Cl)ccc3C(=O)OC(C)C)o2)cc1. The van der Waals surface area contributed by atoms with Crippen LogP contribution in [0.25, 0.3) is 11.3 Å². The van der Waals surface area contributed by atoms with Crippen molar-refractivity contribution in [3.63, 3.8) is 0 Å². The molecule has 3 rings (SSSR count). The first-order chi connectivity index (χ1) is 13.5. The number of carbonyl (C=O) groups is 1. The van der Waals surface area contributed by atoms with Crippen molar-refractivity contribution in [2.75, 3.05) is 7.11 Å². The van der Waals surface area contributed by atoms with Gasteiger partial charge in [-0.3, -0.25) is 4.99 Å². The molecule has 5 nitrogen and oxygen atoms in total. The Labute approximate surface area is 168 Å². The molecule has 0 spiro atoms. The monoisotopic (exact) mass is 397 g/mol. The molecule has 3 aromatic rings. The molecule has 1 aromatic heterocycles. The lowest BCUT2D eigenvalue weighted by molar-refractivity contribution is 0.0378. The van der Waals surface area contributed by atoms with Gasteiger partial charge in [0.2, 0.25) is 0 Å². The third-order valence-electron chi connectivity index (χ3n) is 3.85. The van der Waals surface area contributed by atoms with Gasteiger partial charge < -0.3 is 13.9 Å². The summed E-state index contributed by atoms with van der Waals surface area (Å²) in [5.74, 6) is 1.40. The van der Waals surface area contributed by atoms with Gasteiger partial charge in [-0.05, 0) is 68.4 Å². The van der Waals surface area contributed by atoms with E-state index >= 15 is 0 Å². The number of carbonyl (C=O) groups excluding carboxylic acids is 1. The Morgan fingerprint density at radius 1 is 1.11 bits per heavy atom. The van der Waals surface area contributed by atoms with Crippen LogP contribution in [0.4, 0.5) is 5.69 Å². The normalized spacial score (nSPS) is 11.2. The van der Waals surface area contributed by atoms with Crippen LogP contribution in [0, 0.1) is 0 Å². The minimum Gasteiger partial charge on any atom is -0.497 e. The molecule has 144 valence electrons.